The molecule has 0 radical (unpaired) electrons. The molecule has 1 saturated heterocycles. The fourth-order valence-corrected chi connectivity index (χ4v) is 2.30. The van der Waals surface area contributed by atoms with Gasteiger partial charge in [0.15, 0.2) is 0 Å². The van der Waals surface area contributed by atoms with Crippen molar-refractivity contribution in [3.05, 3.63) is 35.4 Å². The van der Waals surface area contributed by atoms with Gasteiger partial charge in [0, 0.05) is 26.1 Å². The van der Waals surface area contributed by atoms with Gasteiger partial charge in [0.1, 0.15) is 5.60 Å². The van der Waals surface area contributed by atoms with E-state index in [1.54, 1.807) is 12.1 Å². The molecule has 1 heterocycles. The Morgan fingerprint density at radius 2 is 2.20 bits per heavy atom. The zero-order valence-corrected chi connectivity index (χ0v) is 11.9. The Kier molecular flexibility index (Phi) is 4.75. The van der Waals surface area contributed by atoms with Gasteiger partial charge in [-0.15, -0.1) is 0 Å². The fourth-order valence-electron chi connectivity index (χ4n) is 2.30. The topological polar surface area (TPSA) is 67.8 Å². The Balaban J connectivity index is 1.84. The van der Waals surface area contributed by atoms with Crippen LogP contribution in [-0.4, -0.2) is 43.0 Å². The second kappa shape index (κ2) is 6.35. The van der Waals surface area contributed by atoms with E-state index in [0.717, 1.165) is 5.56 Å². The van der Waals surface area contributed by atoms with Gasteiger partial charge in [-0.25, -0.2) is 4.79 Å². The maximum Gasteiger partial charge on any atom is 0.337 e. The first-order valence-electron chi connectivity index (χ1n) is 6.77. The van der Waals surface area contributed by atoms with Crippen LogP contribution in [0.4, 0.5) is 0 Å². The van der Waals surface area contributed by atoms with Crippen molar-refractivity contribution in [2.75, 3.05) is 20.3 Å². The van der Waals surface area contributed by atoms with Crippen LogP contribution in [0.3, 0.4) is 0 Å². The van der Waals surface area contributed by atoms with Gasteiger partial charge in [-0.1, -0.05) is 12.1 Å². The van der Waals surface area contributed by atoms with E-state index in [0.29, 0.717) is 31.7 Å². The zero-order chi connectivity index (χ0) is 14.6. The molecule has 20 heavy (non-hydrogen) atoms. The minimum atomic E-state index is -0.786. The van der Waals surface area contributed by atoms with Gasteiger partial charge in [-0.05, 0) is 24.6 Å². The number of ether oxygens (including phenoxy) is 2. The van der Waals surface area contributed by atoms with Gasteiger partial charge >= 0.3 is 5.97 Å². The lowest BCUT2D eigenvalue weighted by molar-refractivity contribution is -0.0262. The summed E-state index contributed by atoms with van der Waals surface area (Å²) in [4.78, 5) is 11.3. The van der Waals surface area contributed by atoms with E-state index in [9.17, 15) is 9.90 Å². The number of esters is 1. The summed E-state index contributed by atoms with van der Waals surface area (Å²) in [5.41, 5.74) is 0.798. The van der Waals surface area contributed by atoms with E-state index in [-0.39, 0.29) is 12.1 Å². The van der Waals surface area contributed by atoms with Crippen LogP contribution < -0.4 is 5.32 Å². The Bertz CT molecular complexity index is 459. The first-order valence-corrected chi connectivity index (χ1v) is 6.77. The monoisotopic (exact) mass is 279 g/mol. The molecule has 110 valence electrons. The van der Waals surface area contributed by atoms with Gasteiger partial charge in [0.2, 0.25) is 0 Å². The third-order valence-corrected chi connectivity index (χ3v) is 3.79. The van der Waals surface area contributed by atoms with Crippen molar-refractivity contribution < 1.29 is 19.4 Å². The summed E-state index contributed by atoms with van der Waals surface area (Å²) < 4.78 is 10.0. The highest BCUT2D eigenvalue weighted by Crippen LogP contribution is 2.24. The molecular formula is C15H21NO4. The molecule has 0 bridgehead atoms. The lowest BCUT2D eigenvalue weighted by Crippen LogP contribution is -2.45. The largest absolute Gasteiger partial charge is 0.465 e. The number of carbonyl (C=O) groups is 1. The van der Waals surface area contributed by atoms with Gasteiger partial charge in [0.25, 0.3) is 0 Å². The van der Waals surface area contributed by atoms with E-state index in [2.05, 4.69) is 10.1 Å². The molecule has 5 heteroatoms. The van der Waals surface area contributed by atoms with Gasteiger partial charge < -0.3 is 19.9 Å². The van der Waals surface area contributed by atoms with E-state index >= 15 is 0 Å². The highest BCUT2D eigenvalue weighted by Gasteiger charge is 2.38. The Morgan fingerprint density at radius 1 is 1.50 bits per heavy atom. The van der Waals surface area contributed by atoms with Crippen molar-refractivity contribution in [1.82, 2.24) is 5.32 Å². The average Bonchev–Trinajstić information content (AvgIpc) is 2.79. The molecule has 0 amide bonds. The molecule has 2 atom stereocenters. The van der Waals surface area contributed by atoms with E-state index < -0.39 is 5.60 Å². The molecule has 0 aromatic heterocycles. The normalized spacial score (nSPS) is 25.6. The van der Waals surface area contributed by atoms with Crippen LogP contribution in [0.25, 0.3) is 0 Å². The van der Waals surface area contributed by atoms with Crippen LogP contribution in [0.5, 0.6) is 0 Å². The molecule has 1 aromatic carbocycles. The summed E-state index contributed by atoms with van der Waals surface area (Å²) in [6, 6.07) is 7.22. The van der Waals surface area contributed by atoms with Crippen LogP contribution in [-0.2, 0) is 16.0 Å². The second-order valence-corrected chi connectivity index (χ2v) is 5.16. The molecule has 1 fully saturated rings. The molecular weight excluding hydrogens is 258 g/mol. The van der Waals surface area contributed by atoms with E-state index in [1.165, 1.54) is 7.11 Å². The minimum Gasteiger partial charge on any atom is -0.465 e. The van der Waals surface area contributed by atoms with Crippen LogP contribution in [0.2, 0.25) is 0 Å². The number of methoxy groups -OCH3 is 1. The Morgan fingerprint density at radius 3 is 2.75 bits per heavy atom. The van der Waals surface area contributed by atoms with Crippen molar-refractivity contribution >= 4 is 5.97 Å². The highest BCUT2D eigenvalue weighted by atomic mass is 16.5. The molecule has 2 N–H and O–H groups in total. The van der Waals surface area contributed by atoms with Crippen molar-refractivity contribution in [2.24, 2.45) is 0 Å². The van der Waals surface area contributed by atoms with E-state index in [4.69, 9.17) is 4.74 Å². The second-order valence-electron chi connectivity index (χ2n) is 5.16. The minimum absolute atomic E-state index is 0.142. The van der Waals surface area contributed by atoms with Gasteiger partial charge in [0.05, 0.1) is 18.8 Å². The van der Waals surface area contributed by atoms with E-state index in [1.807, 2.05) is 19.1 Å². The lowest BCUT2D eigenvalue weighted by atomic mass is 9.96. The van der Waals surface area contributed by atoms with Crippen LogP contribution >= 0.6 is 0 Å². The van der Waals surface area contributed by atoms with Crippen molar-refractivity contribution in [3.8, 4) is 0 Å². The molecule has 0 aliphatic carbocycles. The summed E-state index contributed by atoms with van der Waals surface area (Å²) in [6.45, 7) is 3.62. The number of carbonyl (C=O) groups excluding carboxylic acids is 1. The molecule has 0 saturated carbocycles. The van der Waals surface area contributed by atoms with Crippen LogP contribution in [0.1, 0.15) is 29.3 Å². The fraction of sp³-hybridized carbons (Fsp3) is 0.533. The molecule has 2 rings (SSSR count). The standard InChI is InChI=1S/C15H21NO4/c1-11-15(18,7-8-20-11)10-16-9-12-3-5-13(6-4-12)14(17)19-2/h3-6,11,16,18H,7-10H2,1-2H3. The number of hydrogen-bond donors (Lipinski definition) is 2. The SMILES string of the molecule is COC(=O)c1ccc(CNCC2(O)CCOC2C)cc1. The van der Waals surface area contributed by atoms with Gasteiger partial charge in [-0.3, -0.25) is 0 Å². The summed E-state index contributed by atoms with van der Waals surface area (Å²) in [7, 11) is 1.36. The summed E-state index contributed by atoms with van der Waals surface area (Å²) in [5.74, 6) is -0.337. The molecule has 1 aliphatic heterocycles. The smallest absolute Gasteiger partial charge is 0.337 e. The maximum atomic E-state index is 11.3. The quantitative estimate of drug-likeness (QED) is 0.790. The van der Waals surface area contributed by atoms with Crippen LogP contribution in [0, 0.1) is 0 Å². The van der Waals surface area contributed by atoms with Crippen molar-refractivity contribution in [2.45, 2.75) is 31.6 Å². The summed E-state index contributed by atoms with van der Waals surface area (Å²) in [5, 5.41) is 13.6. The maximum absolute atomic E-state index is 11.3. The number of hydrogen-bond acceptors (Lipinski definition) is 5. The summed E-state index contributed by atoms with van der Waals surface area (Å²) in [6.07, 6.45) is 0.513. The number of nitrogens with one attached hydrogen (secondary N) is 1. The molecule has 2 unspecified atom stereocenters. The third kappa shape index (κ3) is 3.36. The Hall–Kier alpha value is -1.43. The number of benzene rings is 1. The highest BCUT2D eigenvalue weighted by molar-refractivity contribution is 5.89. The number of rotatable bonds is 5. The predicted octanol–water partition coefficient (Wildman–Crippen LogP) is 1.10. The predicted molar refractivity (Wildman–Crippen MR) is 74.5 cm³/mol. The zero-order valence-electron chi connectivity index (χ0n) is 11.9. The average molecular weight is 279 g/mol. The number of aliphatic hydroxyl groups is 1. The molecule has 5 nitrogen and oxygen atoms in total. The molecule has 0 spiro atoms. The summed E-state index contributed by atoms with van der Waals surface area (Å²) >= 11 is 0. The lowest BCUT2D eigenvalue weighted by Gasteiger charge is -2.26. The Labute approximate surface area is 118 Å². The third-order valence-electron chi connectivity index (χ3n) is 3.79. The van der Waals surface area contributed by atoms with Crippen molar-refractivity contribution in [1.29, 1.82) is 0 Å². The first-order chi connectivity index (χ1) is 9.55. The van der Waals surface area contributed by atoms with Crippen LogP contribution in [0.15, 0.2) is 24.3 Å². The van der Waals surface area contributed by atoms with Gasteiger partial charge in [-0.2, -0.15) is 0 Å². The molecule has 1 aliphatic rings. The van der Waals surface area contributed by atoms with Crippen molar-refractivity contribution in [3.63, 3.8) is 0 Å². The molecule has 1 aromatic rings. The first kappa shape index (κ1) is 15.0.